The van der Waals surface area contributed by atoms with Crippen LogP contribution in [0.1, 0.15) is 11.1 Å². The van der Waals surface area contributed by atoms with E-state index in [1.165, 1.54) is 17.8 Å². The zero-order chi connectivity index (χ0) is 15.0. The van der Waals surface area contributed by atoms with Crippen molar-refractivity contribution in [1.82, 2.24) is 0 Å². The van der Waals surface area contributed by atoms with E-state index in [0.29, 0.717) is 16.1 Å². The van der Waals surface area contributed by atoms with Crippen LogP contribution in [0.25, 0.3) is 0 Å². The van der Waals surface area contributed by atoms with Gasteiger partial charge in [0.25, 0.3) is 5.69 Å². The first kappa shape index (κ1) is 13.6. The largest absolute Gasteiger partial charge is 0.325 e. The summed E-state index contributed by atoms with van der Waals surface area (Å²) in [5, 5.41) is 14.0. The standard InChI is InChI=1S/C15H12N2O3S/c1-9-2-4-11(5-3-9)21-14-8-12-10(7-15(18)16-12)6-13(14)17(19)20/h2-6,8H,7H2,1H3,(H,16,18). The average Bonchev–Trinajstić information content (AvgIpc) is 2.79. The van der Waals surface area contributed by atoms with Crippen molar-refractivity contribution < 1.29 is 9.72 Å². The number of aryl methyl sites for hydroxylation is 1. The molecule has 1 amide bonds. The van der Waals surface area contributed by atoms with Gasteiger partial charge in [-0.1, -0.05) is 29.5 Å². The number of fused-ring (bicyclic) bond motifs is 1. The van der Waals surface area contributed by atoms with Gasteiger partial charge in [-0.15, -0.1) is 0 Å². The molecule has 0 aliphatic carbocycles. The normalized spacial score (nSPS) is 12.9. The van der Waals surface area contributed by atoms with Crippen molar-refractivity contribution >= 4 is 29.0 Å². The summed E-state index contributed by atoms with van der Waals surface area (Å²) >= 11 is 1.33. The number of rotatable bonds is 3. The van der Waals surface area contributed by atoms with E-state index in [2.05, 4.69) is 5.32 Å². The molecule has 6 heteroatoms. The van der Waals surface area contributed by atoms with Crippen LogP contribution in [0, 0.1) is 17.0 Å². The fourth-order valence-corrected chi connectivity index (χ4v) is 3.14. The maximum atomic E-state index is 11.4. The Labute approximate surface area is 125 Å². The molecular formula is C15H12N2O3S. The number of nitro groups is 1. The fourth-order valence-electron chi connectivity index (χ4n) is 2.20. The lowest BCUT2D eigenvalue weighted by Gasteiger charge is -2.06. The molecule has 0 unspecified atom stereocenters. The van der Waals surface area contributed by atoms with Gasteiger partial charge in [0.1, 0.15) is 0 Å². The van der Waals surface area contributed by atoms with Gasteiger partial charge in [-0.2, -0.15) is 0 Å². The van der Waals surface area contributed by atoms with Gasteiger partial charge >= 0.3 is 0 Å². The molecule has 0 fully saturated rings. The molecule has 21 heavy (non-hydrogen) atoms. The number of hydrogen-bond acceptors (Lipinski definition) is 4. The molecule has 5 nitrogen and oxygen atoms in total. The van der Waals surface area contributed by atoms with Gasteiger partial charge in [0, 0.05) is 16.6 Å². The summed E-state index contributed by atoms with van der Waals surface area (Å²) in [6.45, 7) is 1.99. The molecule has 0 saturated carbocycles. The third-order valence-electron chi connectivity index (χ3n) is 3.26. The second-order valence-electron chi connectivity index (χ2n) is 4.87. The van der Waals surface area contributed by atoms with Crippen LogP contribution in [0.5, 0.6) is 0 Å². The van der Waals surface area contributed by atoms with E-state index in [9.17, 15) is 14.9 Å². The molecule has 0 atom stereocenters. The molecule has 1 aliphatic heterocycles. The minimum Gasteiger partial charge on any atom is -0.325 e. The summed E-state index contributed by atoms with van der Waals surface area (Å²) in [6.07, 6.45) is 0.200. The van der Waals surface area contributed by atoms with Crippen molar-refractivity contribution in [2.45, 2.75) is 23.1 Å². The van der Waals surface area contributed by atoms with Gasteiger partial charge in [-0.25, -0.2) is 0 Å². The lowest BCUT2D eigenvalue weighted by atomic mass is 10.1. The number of anilines is 1. The van der Waals surface area contributed by atoms with Crippen LogP contribution in [-0.2, 0) is 11.2 Å². The van der Waals surface area contributed by atoms with Gasteiger partial charge < -0.3 is 5.32 Å². The van der Waals surface area contributed by atoms with Crippen LogP contribution >= 0.6 is 11.8 Å². The molecule has 0 saturated heterocycles. The highest BCUT2D eigenvalue weighted by Crippen LogP contribution is 2.39. The molecule has 3 rings (SSSR count). The number of benzene rings is 2. The van der Waals surface area contributed by atoms with E-state index in [0.717, 1.165) is 10.5 Å². The zero-order valence-electron chi connectivity index (χ0n) is 11.3. The number of hydrogen-bond donors (Lipinski definition) is 1. The number of nitro benzene ring substituents is 1. The van der Waals surface area contributed by atoms with E-state index < -0.39 is 4.92 Å². The van der Waals surface area contributed by atoms with E-state index in [-0.39, 0.29) is 18.0 Å². The Morgan fingerprint density at radius 1 is 1.24 bits per heavy atom. The Hall–Kier alpha value is -2.34. The average molecular weight is 300 g/mol. The van der Waals surface area contributed by atoms with Gasteiger partial charge in [0.15, 0.2) is 0 Å². The van der Waals surface area contributed by atoms with Crippen molar-refractivity contribution in [3.63, 3.8) is 0 Å². The molecule has 1 aliphatic rings. The van der Waals surface area contributed by atoms with E-state index in [1.807, 2.05) is 31.2 Å². The van der Waals surface area contributed by atoms with Crippen molar-refractivity contribution in [2.24, 2.45) is 0 Å². The summed E-state index contributed by atoms with van der Waals surface area (Å²) in [5.41, 5.74) is 2.52. The Kier molecular flexibility index (Phi) is 3.39. The molecule has 1 N–H and O–H groups in total. The Bertz CT molecular complexity index is 741. The highest BCUT2D eigenvalue weighted by atomic mass is 32.2. The summed E-state index contributed by atoms with van der Waals surface area (Å²) in [4.78, 5) is 23.7. The van der Waals surface area contributed by atoms with Crippen LogP contribution in [0.4, 0.5) is 11.4 Å². The summed E-state index contributed by atoms with van der Waals surface area (Å²) in [7, 11) is 0. The topological polar surface area (TPSA) is 72.2 Å². The van der Waals surface area contributed by atoms with Crippen LogP contribution in [0.2, 0.25) is 0 Å². The van der Waals surface area contributed by atoms with Crippen LogP contribution in [0.15, 0.2) is 46.2 Å². The van der Waals surface area contributed by atoms with Gasteiger partial charge in [0.2, 0.25) is 5.91 Å². The highest BCUT2D eigenvalue weighted by Gasteiger charge is 2.24. The third-order valence-corrected chi connectivity index (χ3v) is 4.31. The van der Waals surface area contributed by atoms with Crippen molar-refractivity contribution in [3.8, 4) is 0 Å². The third kappa shape index (κ3) is 2.75. The molecule has 1 heterocycles. The molecule has 0 radical (unpaired) electrons. The molecular weight excluding hydrogens is 288 g/mol. The molecule has 2 aromatic rings. The van der Waals surface area contributed by atoms with Crippen molar-refractivity contribution in [3.05, 3.63) is 57.6 Å². The molecule has 2 aromatic carbocycles. The predicted molar refractivity (Wildman–Crippen MR) is 80.7 cm³/mol. The van der Waals surface area contributed by atoms with Gasteiger partial charge in [-0.3, -0.25) is 14.9 Å². The maximum absolute atomic E-state index is 11.4. The Morgan fingerprint density at radius 2 is 1.95 bits per heavy atom. The van der Waals surface area contributed by atoms with Gasteiger partial charge in [-0.05, 0) is 30.7 Å². The fraction of sp³-hybridized carbons (Fsp3) is 0.133. The summed E-state index contributed by atoms with van der Waals surface area (Å²) < 4.78 is 0. The summed E-state index contributed by atoms with van der Waals surface area (Å²) in [5.74, 6) is -0.128. The monoisotopic (exact) mass is 300 g/mol. The minimum absolute atomic E-state index is 0.0378. The van der Waals surface area contributed by atoms with Crippen LogP contribution in [-0.4, -0.2) is 10.8 Å². The van der Waals surface area contributed by atoms with Gasteiger partial charge in [0.05, 0.1) is 16.2 Å². The van der Waals surface area contributed by atoms with E-state index >= 15 is 0 Å². The van der Waals surface area contributed by atoms with Crippen LogP contribution < -0.4 is 5.32 Å². The van der Waals surface area contributed by atoms with Crippen LogP contribution in [0.3, 0.4) is 0 Å². The number of carbonyl (C=O) groups is 1. The van der Waals surface area contributed by atoms with E-state index in [1.54, 1.807) is 6.07 Å². The molecule has 106 valence electrons. The van der Waals surface area contributed by atoms with E-state index in [4.69, 9.17) is 0 Å². The lowest BCUT2D eigenvalue weighted by Crippen LogP contribution is -2.03. The SMILES string of the molecule is Cc1ccc(Sc2cc3c(cc2[N+](=O)[O-])CC(=O)N3)cc1. The zero-order valence-corrected chi connectivity index (χ0v) is 12.1. The maximum Gasteiger partial charge on any atom is 0.283 e. The Balaban J connectivity index is 2.01. The first-order chi connectivity index (χ1) is 10.0. The first-order valence-corrected chi connectivity index (χ1v) is 7.20. The summed E-state index contributed by atoms with van der Waals surface area (Å²) in [6, 6.07) is 10.9. The number of carbonyl (C=O) groups excluding carboxylic acids is 1. The smallest absolute Gasteiger partial charge is 0.283 e. The lowest BCUT2D eigenvalue weighted by molar-refractivity contribution is -0.387. The molecule has 0 spiro atoms. The quantitative estimate of drug-likeness (QED) is 0.695. The van der Waals surface area contributed by atoms with Crippen molar-refractivity contribution in [2.75, 3.05) is 5.32 Å². The number of nitrogens with one attached hydrogen (secondary N) is 1. The number of amides is 1. The first-order valence-electron chi connectivity index (χ1n) is 6.38. The second-order valence-corrected chi connectivity index (χ2v) is 5.99. The number of nitrogens with zero attached hydrogens (tertiary/aromatic N) is 1. The predicted octanol–water partition coefficient (Wildman–Crippen LogP) is 3.55. The van der Waals surface area contributed by atoms with Crippen molar-refractivity contribution in [1.29, 1.82) is 0 Å². The minimum atomic E-state index is -0.403. The highest BCUT2D eigenvalue weighted by molar-refractivity contribution is 7.99. The molecule has 0 bridgehead atoms. The second kappa shape index (κ2) is 5.21. The Morgan fingerprint density at radius 3 is 2.62 bits per heavy atom. The molecule has 0 aromatic heterocycles.